The topological polar surface area (TPSA) is 134 Å². The molecule has 0 saturated carbocycles. The second kappa shape index (κ2) is 8.55. The molecule has 0 fully saturated rings. The molecule has 1 N–H and O–H groups in total. The molecule has 2 aliphatic carbocycles. The Kier molecular flexibility index (Phi) is 5.63. The minimum absolute atomic E-state index is 0.123. The average Bonchev–Trinajstić information content (AvgIpc) is 2.83. The van der Waals surface area contributed by atoms with Gasteiger partial charge in [-0.25, -0.2) is 9.78 Å². The normalized spacial score (nSPS) is 17.9. The summed E-state index contributed by atoms with van der Waals surface area (Å²) >= 11 is 0. The largest absolute Gasteiger partial charge is 0.476 e. The Morgan fingerprint density at radius 1 is 1.09 bits per heavy atom. The van der Waals surface area contributed by atoms with Crippen LogP contribution in [0, 0.1) is 27.7 Å². The number of carboxylic acids is 1. The van der Waals surface area contributed by atoms with Gasteiger partial charge in [0.05, 0.1) is 12.3 Å². The van der Waals surface area contributed by atoms with E-state index in [0.717, 1.165) is 32.6 Å². The number of aromatic carboxylic acids is 1. The monoisotopic (exact) mass is 438 g/mol. The highest BCUT2D eigenvalue weighted by atomic mass is 16.4. The molecule has 1 aromatic heterocycles. The van der Waals surface area contributed by atoms with Crippen molar-refractivity contribution in [1.29, 1.82) is 5.26 Å². The first-order valence-electron chi connectivity index (χ1n) is 10.1. The van der Waals surface area contributed by atoms with Gasteiger partial charge in [-0.15, -0.1) is 10.2 Å². The van der Waals surface area contributed by atoms with Gasteiger partial charge in [0.1, 0.15) is 12.2 Å². The second-order valence-corrected chi connectivity index (χ2v) is 7.71. The number of ketones is 2. The van der Waals surface area contributed by atoms with E-state index in [1.54, 1.807) is 6.08 Å². The fraction of sp³-hybridized carbons (Fsp3) is 0.160. The Morgan fingerprint density at radius 3 is 2.45 bits per heavy atom. The van der Waals surface area contributed by atoms with Crippen LogP contribution >= 0.6 is 0 Å². The van der Waals surface area contributed by atoms with Crippen LogP contribution in [-0.4, -0.2) is 37.8 Å². The number of hydrogen-bond acceptors (Lipinski definition) is 7. The van der Waals surface area contributed by atoms with Gasteiger partial charge in [-0.05, 0) is 39.4 Å². The molecule has 0 saturated heterocycles. The number of hydrogen-bond donors (Lipinski definition) is 1. The number of rotatable bonds is 1. The fourth-order valence-corrected chi connectivity index (χ4v) is 4.15. The van der Waals surface area contributed by atoms with Crippen molar-refractivity contribution in [3.63, 3.8) is 0 Å². The second-order valence-electron chi connectivity index (χ2n) is 7.71. The van der Waals surface area contributed by atoms with E-state index in [9.17, 15) is 19.6 Å². The van der Waals surface area contributed by atoms with Crippen LogP contribution in [0.1, 0.15) is 46.2 Å². The number of Topliss-reactive ketones (excluding diaryl/α,β-unsaturated/α-hetero) is 2. The zero-order valence-electron chi connectivity index (χ0n) is 17.8. The SMILES string of the molecule is CC1=c2ccc3c(c2C(C#N)C(=O)C1C)C(=O)C=c1ccccc1=3.O=C(O)c1cncnn1. The Labute approximate surface area is 187 Å². The van der Waals surface area contributed by atoms with Gasteiger partial charge in [-0.1, -0.05) is 48.9 Å². The van der Waals surface area contributed by atoms with Crippen LogP contribution in [-0.2, 0) is 4.79 Å². The van der Waals surface area contributed by atoms with E-state index < -0.39 is 11.9 Å². The van der Waals surface area contributed by atoms with Crippen LogP contribution in [0.15, 0.2) is 48.9 Å². The molecule has 33 heavy (non-hydrogen) atoms. The van der Waals surface area contributed by atoms with Crippen LogP contribution in [0.25, 0.3) is 11.6 Å². The maximum atomic E-state index is 12.8. The van der Waals surface area contributed by atoms with Gasteiger partial charge in [0.25, 0.3) is 0 Å². The minimum atomic E-state index is -1.12. The summed E-state index contributed by atoms with van der Waals surface area (Å²) in [6, 6.07) is 13.7. The number of carbonyl (C=O) groups excluding carboxylic acids is 2. The van der Waals surface area contributed by atoms with Crippen LogP contribution in [0.4, 0.5) is 0 Å². The lowest BCUT2D eigenvalue weighted by Gasteiger charge is -2.25. The van der Waals surface area contributed by atoms with Crippen molar-refractivity contribution in [3.05, 3.63) is 86.6 Å². The molecular weight excluding hydrogens is 420 g/mol. The molecule has 8 nitrogen and oxygen atoms in total. The highest BCUT2D eigenvalue weighted by Gasteiger charge is 2.35. The van der Waals surface area contributed by atoms with Crippen molar-refractivity contribution in [1.82, 2.24) is 15.2 Å². The lowest BCUT2D eigenvalue weighted by Crippen LogP contribution is -2.35. The third-order valence-electron chi connectivity index (χ3n) is 5.93. The molecule has 162 valence electrons. The van der Waals surface area contributed by atoms with Crippen LogP contribution in [0.5, 0.6) is 0 Å². The Hall–Kier alpha value is -4.51. The van der Waals surface area contributed by atoms with Gasteiger partial charge in [-0.3, -0.25) is 9.59 Å². The highest BCUT2D eigenvalue weighted by Crippen LogP contribution is 2.30. The number of aromatic nitrogens is 3. The summed E-state index contributed by atoms with van der Waals surface area (Å²) in [5.41, 5.74) is 1.89. The van der Waals surface area contributed by atoms with Crippen molar-refractivity contribution >= 4 is 29.2 Å². The Balaban J connectivity index is 0.000000243. The van der Waals surface area contributed by atoms with Crippen LogP contribution in [0.3, 0.4) is 0 Å². The summed E-state index contributed by atoms with van der Waals surface area (Å²) < 4.78 is 0. The first-order valence-corrected chi connectivity index (χ1v) is 10.1. The van der Waals surface area contributed by atoms with E-state index in [1.165, 1.54) is 6.33 Å². The zero-order chi connectivity index (χ0) is 23.7. The van der Waals surface area contributed by atoms with Gasteiger partial charge in [0.2, 0.25) is 0 Å². The average molecular weight is 438 g/mol. The van der Waals surface area contributed by atoms with Crippen molar-refractivity contribution in [2.75, 3.05) is 0 Å². The molecule has 0 radical (unpaired) electrons. The van der Waals surface area contributed by atoms with E-state index in [1.807, 2.05) is 50.2 Å². The maximum absolute atomic E-state index is 12.8. The van der Waals surface area contributed by atoms with Gasteiger partial charge in [0, 0.05) is 11.5 Å². The van der Waals surface area contributed by atoms with Gasteiger partial charge in [0.15, 0.2) is 17.3 Å². The van der Waals surface area contributed by atoms with Gasteiger partial charge < -0.3 is 5.11 Å². The summed E-state index contributed by atoms with van der Waals surface area (Å²) in [6.07, 6.45) is 3.91. The molecule has 2 unspecified atom stereocenters. The highest BCUT2D eigenvalue weighted by molar-refractivity contribution is 6.19. The maximum Gasteiger partial charge on any atom is 0.358 e. The molecule has 5 rings (SSSR count). The third kappa shape index (κ3) is 3.70. The zero-order valence-corrected chi connectivity index (χ0v) is 17.8. The lowest BCUT2D eigenvalue weighted by atomic mass is 9.75. The lowest BCUT2D eigenvalue weighted by molar-refractivity contribution is -0.121. The molecule has 0 aliphatic heterocycles. The molecule has 0 bridgehead atoms. The standard InChI is InChI=1S/C21H15NO2.C4H3N3O2/c1-11-12(2)21(24)17(10-22)19-14(11)7-8-16-15-6-4-3-5-13(15)9-18(23)20(16)19;8-4(9)3-1-5-2-6-7-3/h3-9,12,17H,1-2H3;1-2H,(H,8,9). The van der Waals surface area contributed by atoms with E-state index in [0.29, 0.717) is 11.1 Å². The Bertz CT molecular complexity index is 1570. The quantitative estimate of drug-likeness (QED) is 0.604. The number of carbonyl (C=O) groups is 3. The molecule has 8 heteroatoms. The molecule has 2 aliphatic rings. The molecule has 2 aromatic carbocycles. The first-order chi connectivity index (χ1) is 15.8. The predicted molar refractivity (Wildman–Crippen MR) is 117 cm³/mol. The number of carboxylic acid groups (broad SMARTS) is 1. The molecule has 2 atom stereocenters. The van der Waals surface area contributed by atoms with E-state index in [4.69, 9.17) is 5.11 Å². The van der Waals surface area contributed by atoms with E-state index in [-0.39, 0.29) is 23.2 Å². The summed E-state index contributed by atoms with van der Waals surface area (Å²) in [4.78, 5) is 38.9. The smallest absolute Gasteiger partial charge is 0.358 e. The molecule has 1 heterocycles. The fourth-order valence-electron chi connectivity index (χ4n) is 4.15. The first kappa shape index (κ1) is 21.7. The van der Waals surface area contributed by atoms with E-state index in [2.05, 4.69) is 21.3 Å². The van der Waals surface area contributed by atoms with Crippen LogP contribution < -0.4 is 10.4 Å². The summed E-state index contributed by atoms with van der Waals surface area (Å²) in [5, 5.41) is 27.9. The third-order valence-corrected chi connectivity index (χ3v) is 5.93. The van der Waals surface area contributed by atoms with Crippen LogP contribution in [0.2, 0.25) is 0 Å². The van der Waals surface area contributed by atoms with Gasteiger partial charge in [-0.2, -0.15) is 5.26 Å². The summed E-state index contributed by atoms with van der Waals surface area (Å²) in [7, 11) is 0. The molecule has 0 amide bonds. The molecular formula is C25H18N4O4. The van der Waals surface area contributed by atoms with Crippen molar-refractivity contribution in [3.8, 4) is 6.07 Å². The Morgan fingerprint density at radius 2 is 1.82 bits per heavy atom. The predicted octanol–water partition coefficient (Wildman–Crippen LogP) is 1.52. The number of fused-ring (bicyclic) bond motifs is 4. The number of nitriles is 1. The molecule has 3 aromatic rings. The summed E-state index contributed by atoms with van der Waals surface area (Å²) in [5.74, 6) is -2.54. The number of nitrogens with zero attached hydrogens (tertiary/aromatic N) is 4. The number of benzene rings is 2. The minimum Gasteiger partial charge on any atom is -0.476 e. The van der Waals surface area contributed by atoms with Crippen molar-refractivity contribution in [2.24, 2.45) is 5.92 Å². The summed E-state index contributed by atoms with van der Waals surface area (Å²) in [6.45, 7) is 3.74. The van der Waals surface area contributed by atoms with Crippen molar-refractivity contribution < 1.29 is 19.5 Å². The van der Waals surface area contributed by atoms with Gasteiger partial charge >= 0.3 is 5.97 Å². The van der Waals surface area contributed by atoms with E-state index >= 15 is 0 Å². The van der Waals surface area contributed by atoms with Crippen molar-refractivity contribution in [2.45, 2.75) is 19.8 Å². The molecule has 0 spiro atoms.